The fourth-order valence-corrected chi connectivity index (χ4v) is 3.06. The lowest BCUT2D eigenvalue weighted by Gasteiger charge is -2.33. The summed E-state index contributed by atoms with van der Waals surface area (Å²) in [6.45, 7) is -0.449. The molecule has 5 nitrogen and oxygen atoms in total. The van der Waals surface area contributed by atoms with Crippen molar-refractivity contribution in [2.45, 2.75) is 43.7 Å². The summed E-state index contributed by atoms with van der Waals surface area (Å²) in [6, 6.07) is 18.0. The Morgan fingerprint density at radius 1 is 0.926 bits per heavy atom. The number of halogens is 2. The van der Waals surface area contributed by atoms with Gasteiger partial charge in [0.15, 0.2) is 11.9 Å². The Morgan fingerprint density at radius 3 is 2.04 bits per heavy atom. The van der Waals surface area contributed by atoms with Gasteiger partial charge in [-0.25, -0.2) is 8.78 Å². The van der Waals surface area contributed by atoms with Crippen molar-refractivity contribution in [1.29, 1.82) is 0 Å². The van der Waals surface area contributed by atoms with Gasteiger partial charge in [0.05, 0.1) is 19.8 Å². The molecule has 2 aromatic carbocycles. The van der Waals surface area contributed by atoms with Crippen molar-refractivity contribution in [2.75, 3.05) is 6.61 Å². The fourth-order valence-electron chi connectivity index (χ4n) is 3.06. The molecule has 1 aliphatic rings. The van der Waals surface area contributed by atoms with Crippen molar-refractivity contribution in [1.82, 2.24) is 0 Å². The molecule has 1 unspecified atom stereocenters. The molecule has 0 aromatic heterocycles. The third-order valence-electron chi connectivity index (χ3n) is 4.51. The fraction of sp³-hybridized carbons (Fsp3) is 0.400. The molecule has 0 aliphatic carbocycles. The van der Waals surface area contributed by atoms with Crippen molar-refractivity contribution in [2.24, 2.45) is 0 Å². The Hall–Kier alpha value is -1.90. The van der Waals surface area contributed by atoms with Crippen molar-refractivity contribution in [3.63, 3.8) is 0 Å². The highest BCUT2D eigenvalue weighted by molar-refractivity contribution is 5.15. The average molecular weight is 380 g/mol. The summed E-state index contributed by atoms with van der Waals surface area (Å²) in [5.41, 5.74) is -0.704. The minimum absolute atomic E-state index is 0.00813. The minimum atomic E-state index is -3.03. The molecule has 146 valence electrons. The SMILES string of the molecule is OC1O[C@@](COCc2ccccc2)(C(F)F)[C@@H](OCc2ccccc2)[C@H]1O. The largest absolute Gasteiger partial charge is 0.385 e. The van der Waals surface area contributed by atoms with E-state index in [0.717, 1.165) is 11.1 Å². The molecule has 4 atom stereocenters. The van der Waals surface area contributed by atoms with Gasteiger partial charge in [-0.2, -0.15) is 0 Å². The van der Waals surface area contributed by atoms with Crippen molar-refractivity contribution >= 4 is 0 Å². The molecular weight excluding hydrogens is 358 g/mol. The third kappa shape index (κ3) is 4.51. The van der Waals surface area contributed by atoms with E-state index in [0.29, 0.717) is 0 Å². The third-order valence-corrected chi connectivity index (χ3v) is 4.51. The summed E-state index contributed by atoms with van der Waals surface area (Å²) in [5, 5.41) is 20.0. The van der Waals surface area contributed by atoms with Gasteiger partial charge in [0.2, 0.25) is 0 Å². The van der Waals surface area contributed by atoms with E-state index in [1.54, 1.807) is 36.4 Å². The van der Waals surface area contributed by atoms with E-state index in [4.69, 9.17) is 14.2 Å². The van der Waals surface area contributed by atoms with Gasteiger partial charge in [-0.3, -0.25) is 0 Å². The van der Waals surface area contributed by atoms with Crippen LogP contribution in [-0.2, 0) is 27.4 Å². The molecule has 0 saturated carbocycles. The van der Waals surface area contributed by atoms with Gasteiger partial charge in [0, 0.05) is 0 Å². The van der Waals surface area contributed by atoms with Crippen molar-refractivity contribution < 1.29 is 33.2 Å². The molecule has 0 amide bonds. The summed E-state index contributed by atoms with van der Waals surface area (Å²) in [7, 11) is 0. The highest BCUT2D eigenvalue weighted by atomic mass is 19.3. The molecule has 2 aromatic rings. The molecule has 0 spiro atoms. The van der Waals surface area contributed by atoms with E-state index >= 15 is 0 Å². The van der Waals surface area contributed by atoms with Crippen LogP contribution in [-0.4, -0.2) is 47.3 Å². The zero-order valence-electron chi connectivity index (χ0n) is 14.6. The van der Waals surface area contributed by atoms with Crippen molar-refractivity contribution in [3.8, 4) is 0 Å². The number of ether oxygens (including phenoxy) is 3. The Labute approximate surface area is 156 Å². The maximum atomic E-state index is 13.9. The second-order valence-electron chi connectivity index (χ2n) is 6.45. The van der Waals surface area contributed by atoms with Crippen LogP contribution in [0.4, 0.5) is 8.78 Å². The van der Waals surface area contributed by atoms with Crippen LogP contribution in [0.25, 0.3) is 0 Å². The Bertz CT molecular complexity index is 700. The number of aliphatic hydroxyl groups excluding tert-OH is 2. The van der Waals surface area contributed by atoms with Crippen LogP contribution in [0.5, 0.6) is 0 Å². The molecule has 27 heavy (non-hydrogen) atoms. The average Bonchev–Trinajstić information content (AvgIpc) is 2.93. The lowest BCUT2D eigenvalue weighted by atomic mass is 9.96. The maximum Gasteiger partial charge on any atom is 0.272 e. The predicted molar refractivity (Wildman–Crippen MR) is 93.0 cm³/mol. The van der Waals surface area contributed by atoms with E-state index in [-0.39, 0.29) is 13.2 Å². The number of hydrogen-bond donors (Lipinski definition) is 2. The summed E-state index contributed by atoms with van der Waals surface area (Å²) >= 11 is 0. The lowest BCUT2D eigenvalue weighted by molar-refractivity contribution is -0.233. The second kappa shape index (κ2) is 8.86. The van der Waals surface area contributed by atoms with E-state index in [9.17, 15) is 19.0 Å². The standard InChI is InChI=1S/C20H22F2O5/c21-19(22)20(13-25-11-14-7-3-1-4-8-14)17(16(23)18(24)27-20)26-12-15-9-5-2-6-10-15/h1-10,16-19,23-24H,11-13H2/t16-,17+,18?,20-/m1/s1. The first-order chi connectivity index (χ1) is 13.0. The number of rotatable bonds is 8. The predicted octanol–water partition coefficient (Wildman–Crippen LogP) is 2.50. The first kappa shape index (κ1) is 19.9. The molecule has 3 rings (SSSR count). The van der Waals surface area contributed by atoms with Gasteiger partial charge < -0.3 is 24.4 Å². The normalized spacial score (nSPS) is 28.0. The van der Waals surface area contributed by atoms with Gasteiger partial charge in [0.1, 0.15) is 12.2 Å². The highest BCUT2D eigenvalue weighted by Gasteiger charge is 2.61. The van der Waals surface area contributed by atoms with E-state index in [1.807, 2.05) is 24.3 Å². The van der Waals surface area contributed by atoms with Gasteiger partial charge in [-0.05, 0) is 11.1 Å². The number of alkyl halides is 2. The summed E-state index contributed by atoms with van der Waals surface area (Å²) in [4.78, 5) is 0. The zero-order chi connectivity index (χ0) is 19.3. The van der Waals surface area contributed by atoms with Crippen molar-refractivity contribution in [3.05, 3.63) is 71.8 Å². The van der Waals surface area contributed by atoms with Crippen LogP contribution in [0.1, 0.15) is 11.1 Å². The number of hydrogen-bond acceptors (Lipinski definition) is 5. The molecule has 1 heterocycles. The van der Waals surface area contributed by atoms with Gasteiger partial charge >= 0.3 is 0 Å². The molecule has 0 radical (unpaired) electrons. The molecule has 2 N–H and O–H groups in total. The maximum absolute atomic E-state index is 13.9. The molecule has 0 bridgehead atoms. The summed E-state index contributed by atoms with van der Waals surface area (Å²) in [5.74, 6) is 0. The number of benzene rings is 2. The molecule has 7 heteroatoms. The molecule has 1 saturated heterocycles. The number of aliphatic hydroxyl groups is 2. The van der Waals surface area contributed by atoms with Gasteiger partial charge in [-0.1, -0.05) is 60.7 Å². The summed E-state index contributed by atoms with van der Waals surface area (Å²) in [6.07, 6.45) is -7.85. The Morgan fingerprint density at radius 2 is 1.48 bits per heavy atom. The highest BCUT2D eigenvalue weighted by Crippen LogP contribution is 2.38. The smallest absolute Gasteiger partial charge is 0.272 e. The topological polar surface area (TPSA) is 68.2 Å². The summed E-state index contributed by atoms with van der Waals surface area (Å²) < 4.78 is 43.9. The lowest BCUT2D eigenvalue weighted by Crippen LogP contribution is -2.53. The molecule has 1 aliphatic heterocycles. The first-order valence-electron chi connectivity index (χ1n) is 8.62. The Balaban J connectivity index is 1.71. The van der Waals surface area contributed by atoms with Gasteiger partial charge in [-0.15, -0.1) is 0 Å². The van der Waals surface area contributed by atoms with Crippen LogP contribution in [0.15, 0.2) is 60.7 Å². The molecular formula is C20H22F2O5. The Kier molecular flexibility index (Phi) is 6.51. The first-order valence-corrected chi connectivity index (χ1v) is 8.62. The molecule has 1 fully saturated rings. The minimum Gasteiger partial charge on any atom is -0.385 e. The van der Waals surface area contributed by atoms with Crippen LogP contribution in [0.2, 0.25) is 0 Å². The van der Waals surface area contributed by atoms with Crippen LogP contribution in [0.3, 0.4) is 0 Å². The van der Waals surface area contributed by atoms with Gasteiger partial charge in [0.25, 0.3) is 6.43 Å². The van der Waals surface area contributed by atoms with E-state index in [1.165, 1.54) is 0 Å². The zero-order valence-corrected chi connectivity index (χ0v) is 14.6. The van der Waals surface area contributed by atoms with E-state index in [2.05, 4.69) is 0 Å². The van der Waals surface area contributed by atoms with E-state index < -0.39 is 37.1 Å². The van der Waals surface area contributed by atoms with Crippen LogP contribution < -0.4 is 0 Å². The monoisotopic (exact) mass is 380 g/mol. The van der Waals surface area contributed by atoms with Crippen LogP contribution >= 0.6 is 0 Å². The quantitative estimate of drug-likeness (QED) is 0.737. The second-order valence-corrected chi connectivity index (χ2v) is 6.45. The van der Waals surface area contributed by atoms with Crippen LogP contribution in [0, 0.1) is 0 Å².